The van der Waals surface area contributed by atoms with Crippen LogP contribution >= 0.6 is 0 Å². The molecule has 3 heteroatoms. The van der Waals surface area contributed by atoms with E-state index in [0.717, 1.165) is 17.7 Å². The van der Waals surface area contributed by atoms with Crippen molar-refractivity contribution in [2.45, 2.75) is 13.3 Å². The van der Waals surface area contributed by atoms with Gasteiger partial charge in [-0.2, -0.15) is 0 Å². The molecule has 0 saturated heterocycles. The minimum atomic E-state index is -0.304. The summed E-state index contributed by atoms with van der Waals surface area (Å²) in [6.45, 7) is 2.17. The highest BCUT2D eigenvalue weighted by Crippen LogP contribution is 2.36. The summed E-state index contributed by atoms with van der Waals surface area (Å²) in [7, 11) is 0. The van der Waals surface area contributed by atoms with Crippen molar-refractivity contribution in [3.63, 3.8) is 0 Å². The standard InChI is InChI=1S/C23H19NO2/c1-2-26-23(25)17-8-10-20(11-9-17)24-15-16-7-12-22-19(13-16)14-18-5-3-4-6-21(18)22/h3-13,15H,2,14H2,1H3. The molecule has 4 rings (SSSR count). The Balaban J connectivity index is 1.51. The van der Waals surface area contributed by atoms with Gasteiger partial charge in [-0.1, -0.05) is 36.4 Å². The van der Waals surface area contributed by atoms with E-state index in [-0.39, 0.29) is 5.97 Å². The van der Waals surface area contributed by atoms with Gasteiger partial charge >= 0.3 is 5.97 Å². The molecule has 128 valence electrons. The molecule has 0 amide bonds. The van der Waals surface area contributed by atoms with E-state index in [1.807, 2.05) is 18.3 Å². The van der Waals surface area contributed by atoms with E-state index in [1.54, 1.807) is 19.1 Å². The van der Waals surface area contributed by atoms with Gasteiger partial charge in [0.1, 0.15) is 0 Å². The third-order valence-corrected chi connectivity index (χ3v) is 4.56. The number of hydrogen-bond acceptors (Lipinski definition) is 3. The molecule has 26 heavy (non-hydrogen) atoms. The lowest BCUT2D eigenvalue weighted by Gasteiger charge is -2.03. The Labute approximate surface area is 153 Å². The van der Waals surface area contributed by atoms with Crippen LogP contribution < -0.4 is 0 Å². The largest absolute Gasteiger partial charge is 0.462 e. The minimum Gasteiger partial charge on any atom is -0.462 e. The van der Waals surface area contributed by atoms with Crippen LogP contribution in [0.25, 0.3) is 11.1 Å². The van der Waals surface area contributed by atoms with Crippen LogP contribution in [0.5, 0.6) is 0 Å². The van der Waals surface area contributed by atoms with E-state index >= 15 is 0 Å². The van der Waals surface area contributed by atoms with Crippen LogP contribution in [0.4, 0.5) is 5.69 Å². The van der Waals surface area contributed by atoms with Gasteiger partial charge in [-0.05, 0) is 71.5 Å². The zero-order valence-electron chi connectivity index (χ0n) is 14.6. The molecule has 0 atom stereocenters. The number of nitrogens with zero attached hydrogens (tertiary/aromatic N) is 1. The molecular formula is C23H19NO2. The number of carbonyl (C=O) groups is 1. The number of rotatable bonds is 4. The fraction of sp³-hybridized carbons (Fsp3) is 0.130. The highest BCUT2D eigenvalue weighted by molar-refractivity contribution is 5.90. The molecule has 3 aromatic carbocycles. The maximum Gasteiger partial charge on any atom is 0.338 e. The second kappa shape index (κ2) is 6.96. The predicted octanol–water partition coefficient (Wildman–Crippen LogP) is 5.19. The Kier molecular flexibility index (Phi) is 4.36. The topological polar surface area (TPSA) is 38.7 Å². The van der Waals surface area contributed by atoms with Crippen molar-refractivity contribution < 1.29 is 9.53 Å². The van der Waals surface area contributed by atoms with Gasteiger partial charge in [-0.3, -0.25) is 4.99 Å². The van der Waals surface area contributed by atoms with E-state index in [2.05, 4.69) is 47.5 Å². The Bertz CT molecular complexity index is 987. The third-order valence-electron chi connectivity index (χ3n) is 4.56. The smallest absolute Gasteiger partial charge is 0.338 e. The van der Waals surface area contributed by atoms with Gasteiger partial charge in [0, 0.05) is 6.21 Å². The normalized spacial score (nSPS) is 12.0. The number of benzene rings is 3. The second-order valence-corrected chi connectivity index (χ2v) is 6.28. The average molecular weight is 341 g/mol. The number of ether oxygens (including phenoxy) is 1. The third kappa shape index (κ3) is 3.16. The molecule has 3 nitrogen and oxygen atoms in total. The van der Waals surface area contributed by atoms with Crippen molar-refractivity contribution in [1.29, 1.82) is 0 Å². The first kappa shape index (κ1) is 16.3. The van der Waals surface area contributed by atoms with Crippen LogP contribution in [0.15, 0.2) is 71.7 Å². The van der Waals surface area contributed by atoms with E-state index < -0.39 is 0 Å². The Hall–Kier alpha value is -3.20. The maximum atomic E-state index is 11.7. The van der Waals surface area contributed by atoms with Crippen LogP contribution in [0.1, 0.15) is 34.0 Å². The van der Waals surface area contributed by atoms with Gasteiger partial charge in [0.15, 0.2) is 0 Å². The van der Waals surface area contributed by atoms with Gasteiger partial charge < -0.3 is 4.74 Å². The number of aliphatic imine (C=N–C) groups is 1. The Morgan fingerprint density at radius 2 is 1.77 bits per heavy atom. The molecule has 0 aromatic heterocycles. The van der Waals surface area contributed by atoms with Crippen molar-refractivity contribution >= 4 is 17.9 Å². The van der Waals surface area contributed by atoms with Crippen molar-refractivity contribution in [3.05, 3.63) is 89.0 Å². The maximum absolute atomic E-state index is 11.7. The molecule has 0 bridgehead atoms. The highest BCUT2D eigenvalue weighted by Gasteiger charge is 2.17. The van der Waals surface area contributed by atoms with E-state index in [1.165, 1.54) is 22.3 Å². The van der Waals surface area contributed by atoms with Gasteiger partial charge in [-0.25, -0.2) is 4.79 Å². The summed E-state index contributed by atoms with van der Waals surface area (Å²) >= 11 is 0. The summed E-state index contributed by atoms with van der Waals surface area (Å²) in [5, 5.41) is 0. The van der Waals surface area contributed by atoms with Gasteiger partial charge in [0.2, 0.25) is 0 Å². The molecule has 0 heterocycles. The number of esters is 1. The number of carbonyl (C=O) groups excluding carboxylic acids is 1. The van der Waals surface area contributed by atoms with Crippen molar-refractivity contribution in [1.82, 2.24) is 0 Å². The summed E-state index contributed by atoms with van der Waals surface area (Å²) < 4.78 is 4.99. The van der Waals surface area contributed by atoms with Gasteiger partial charge in [0.05, 0.1) is 17.9 Å². The van der Waals surface area contributed by atoms with E-state index in [4.69, 9.17) is 4.74 Å². The van der Waals surface area contributed by atoms with Crippen molar-refractivity contribution in [2.75, 3.05) is 6.61 Å². The zero-order valence-corrected chi connectivity index (χ0v) is 14.6. The van der Waals surface area contributed by atoms with E-state index in [0.29, 0.717) is 12.2 Å². The monoisotopic (exact) mass is 341 g/mol. The second-order valence-electron chi connectivity index (χ2n) is 6.28. The molecule has 0 fully saturated rings. The van der Waals surface area contributed by atoms with Crippen LogP contribution in [0, 0.1) is 0 Å². The van der Waals surface area contributed by atoms with Gasteiger partial charge in [-0.15, -0.1) is 0 Å². The molecule has 0 saturated carbocycles. The lowest BCUT2D eigenvalue weighted by atomic mass is 10.0. The first-order chi connectivity index (χ1) is 12.7. The lowest BCUT2D eigenvalue weighted by Crippen LogP contribution is -2.03. The summed E-state index contributed by atoms with van der Waals surface area (Å²) in [4.78, 5) is 16.2. The summed E-state index contributed by atoms with van der Waals surface area (Å²) in [6, 6.07) is 22.1. The quantitative estimate of drug-likeness (QED) is 0.379. The van der Waals surface area contributed by atoms with Crippen LogP contribution in [-0.2, 0) is 11.2 Å². The molecule has 0 unspecified atom stereocenters. The molecule has 1 aliphatic carbocycles. The van der Waals surface area contributed by atoms with Crippen LogP contribution in [0.3, 0.4) is 0 Å². The summed E-state index contributed by atoms with van der Waals surface area (Å²) in [5.41, 5.74) is 7.80. The lowest BCUT2D eigenvalue weighted by molar-refractivity contribution is 0.0526. The average Bonchev–Trinajstić information content (AvgIpc) is 3.04. The first-order valence-electron chi connectivity index (χ1n) is 8.77. The SMILES string of the molecule is CCOC(=O)c1ccc(N=Cc2ccc3c(c2)Cc2ccccc2-3)cc1. The number of fused-ring (bicyclic) bond motifs is 3. The molecule has 1 aliphatic rings. The number of hydrogen-bond donors (Lipinski definition) is 0. The molecule has 3 aromatic rings. The molecule has 0 spiro atoms. The predicted molar refractivity (Wildman–Crippen MR) is 104 cm³/mol. The van der Waals surface area contributed by atoms with Gasteiger partial charge in [0.25, 0.3) is 0 Å². The zero-order chi connectivity index (χ0) is 17.9. The Morgan fingerprint density at radius 1 is 1.00 bits per heavy atom. The molecular weight excluding hydrogens is 322 g/mol. The Morgan fingerprint density at radius 3 is 2.58 bits per heavy atom. The molecule has 0 aliphatic heterocycles. The summed E-state index contributed by atoms with van der Waals surface area (Å²) in [6.07, 6.45) is 2.84. The summed E-state index contributed by atoms with van der Waals surface area (Å²) in [5.74, 6) is -0.304. The molecule has 0 N–H and O–H groups in total. The molecule has 0 radical (unpaired) electrons. The fourth-order valence-corrected chi connectivity index (χ4v) is 3.29. The van der Waals surface area contributed by atoms with Crippen molar-refractivity contribution in [3.8, 4) is 11.1 Å². The fourth-order valence-electron chi connectivity index (χ4n) is 3.29. The highest BCUT2D eigenvalue weighted by atomic mass is 16.5. The first-order valence-corrected chi connectivity index (χ1v) is 8.77. The van der Waals surface area contributed by atoms with E-state index in [9.17, 15) is 4.79 Å². The van der Waals surface area contributed by atoms with Crippen molar-refractivity contribution in [2.24, 2.45) is 4.99 Å². The van der Waals surface area contributed by atoms with Crippen LogP contribution in [-0.4, -0.2) is 18.8 Å². The van der Waals surface area contributed by atoms with Crippen LogP contribution in [0.2, 0.25) is 0 Å². The minimum absolute atomic E-state index is 0.304.